The SMILES string of the molecule is CC(C)n1c(SCC(=O)O)nnc1C1C2CCCC21. The smallest absolute Gasteiger partial charge is 0.313 e. The van der Waals surface area contributed by atoms with Gasteiger partial charge in [0.1, 0.15) is 5.82 Å². The molecular weight excluding hydrogens is 262 g/mol. The Bertz CT molecular complexity index is 490. The summed E-state index contributed by atoms with van der Waals surface area (Å²) < 4.78 is 2.14. The van der Waals surface area contributed by atoms with Crippen LogP contribution in [0.1, 0.15) is 50.9 Å². The topological polar surface area (TPSA) is 68.0 Å². The van der Waals surface area contributed by atoms with Gasteiger partial charge in [-0.15, -0.1) is 10.2 Å². The maximum absolute atomic E-state index is 10.7. The standard InChI is InChI=1S/C13H19N3O2S/c1-7(2)16-12(11-8-4-3-5-9(8)11)14-15-13(16)19-6-10(17)18/h7-9,11H,3-6H2,1-2H3,(H,17,18). The monoisotopic (exact) mass is 281 g/mol. The molecule has 5 nitrogen and oxygen atoms in total. The summed E-state index contributed by atoms with van der Waals surface area (Å²) >= 11 is 1.27. The van der Waals surface area contributed by atoms with Crippen LogP contribution in [0.25, 0.3) is 0 Å². The molecule has 6 heteroatoms. The Morgan fingerprint density at radius 1 is 1.42 bits per heavy atom. The van der Waals surface area contributed by atoms with Crippen LogP contribution in [0.2, 0.25) is 0 Å². The van der Waals surface area contributed by atoms with E-state index in [1.807, 2.05) is 0 Å². The van der Waals surface area contributed by atoms with Crippen LogP contribution in [0.15, 0.2) is 5.16 Å². The Morgan fingerprint density at radius 2 is 2.11 bits per heavy atom. The zero-order valence-electron chi connectivity index (χ0n) is 11.2. The van der Waals surface area contributed by atoms with Crippen molar-refractivity contribution in [2.24, 2.45) is 11.8 Å². The first-order valence-corrected chi connectivity index (χ1v) is 7.87. The summed E-state index contributed by atoms with van der Waals surface area (Å²) in [4.78, 5) is 10.7. The zero-order chi connectivity index (χ0) is 13.6. The van der Waals surface area contributed by atoms with Crippen molar-refractivity contribution in [1.29, 1.82) is 0 Å². The average Bonchev–Trinajstić information content (AvgIpc) is 2.78. The molecule has 0 aromatic carbocycles. The van der Waals surface area contributed by atoms with Gasteiger partial charge in [-0.2, -0.15) is 0 Å². The average molecular weight is 281 g/mol. The molecule has 1 aromatic rings. The van der Waals surface area contributed by atoms with Gasteiger partial charge in [0.15, 0.2) is 5.16 Å². The largest absolute Gasteiger partial charge is 0.481 e. The highest BCUT2D eigenvalue weighted by Crippen LogP contribution is 2.63. The van der Waals surface area contributed by atoms with Crippen molar-refractivity contribution in [3.8, 4) is 0 Å². The number of rotatable bonds is 5. The highest BCUT2D eigenvalue weighted by atomic mass is 32.2. The number of nitrogens with zero attached hydrogens (tertiary/aromatic N) is 3. The van der Waals surface area contributed by atoms with Crippen LogP contribution >= 0.6 is 11.8 Å². The lowest BCUT2D eigenvalue weighted by Gasteiger charge is -2.14. The third-order valence-corrected chi connectivity index (χ3v) is 5.16. The van der Waals surface area contributed by atoms with Crippen molar-refractivity contribution in [3.63, 3.8) is 0 Å². The molecule has 0 bridgehead atoms. The van der Waals surface area contributed by atoms with Gasteiger partial charge in [0.05, 0.1) is 5.75 Å². The Kier molecular flexibility index (Phi) is 3.28. The molecule has 3 rings (SSSR count). The summed E-state index contributed by atoms with van der Waals surface area (Å²) in [5, 5.41) is 18.1. The van der Waals surface area contributed by atoms with E-state index in [9.17, 15) is 4.79 Å². The van der Waals surface area contributed by atoms with E-state index >= 15 is 0 Å². The van der Waals surface area contributed by atoms with Crippen molar-refractivity contribution >= 4 is 17.7 Å². The van der Waals surface area contributed by atoms with Crippen LogP contribution < -0.4 is 0 Å². The molecule has 2 aliphatic rings. The fraction of sp³-hybridized carbons (Fsp3) is 0.769. The van der Waals surface area contributed by atoms with Crippen LogP contribution in [-0.4, -0.2) is 31.6 Å². The quantitative estimate of drug-likeness (QED) is 0.840. The van der Waals surface area contributed by atoms with Crippen LogP contribution in [0.3, 0.4) is 0 Å². The molecule has 2 aliphatic carbocycles. The first-order valence-electron chi connectivity index (χ1n) is 6.89. The molecule has 0 amide bonds. The fourth-order valence-electron chi connectivity index (χ4n) is 3.43. The van der Waals surface area contributed by atoms with Gasteiger partial charge >= 0.3 is 5.97 Å². The van der Waals surface area contributed by atoms with E-state index in [1.165, 1.54) is 31.0 Å². The maximum Gasteiger partial charge on any atom is 0.313 e. The maximum atomic E-state index is 10.7. The number of aliphatic carboxylic acids is 1. The first-order chi connectivity index (χ1) is 9.09. The minimum Gasteiger partial charge on any atom is -0.481 e. The van der Waals surface area contributed by atoms with E-state index in [4.69, 9.17) is 5.11 Å². The third-order valence-electron chi connectivity index (χ3n) is 4.24. The summed E-state index contributed by atoms with van der Waals surface area (Å²) in [6.45, 7) is 4.21. The lowest BCUT2D eigenvalue weighted by Crippen LogP contribution is -2.09. The van der Waals surface area contributed by atoms with E-state index in [-0.39, 0.29) is 11.8 Å². The van der Waals surface area contributed by atoms with Crippen molar-refractivity contribution < 1.29 is 9.90 Å². The number of carboxylic acid groups (broad SMARTS) is 1. The van der Waals surface area contributed by atoms with Crippen LogP contribution in [0, 0.1) is 11.8 Å². The van der Waals surface area contributed by atoms with Gasteiger partial charge in [-0.25, -0.2) is 0 Å². The minimum absolute atomic E-state index is 0.0440. The molecular formula is C13H19N3O2S. The van der Waals surface area contributed by atoms with E-state index in [1.54, 1.807) is 0 Å². The molecule has 19 heavy (non-hydrogen) atoms. The number of hydrogen-bond acceptors (Lipinski definition) is 4. The number of hydrogen-bond donors (Lipinski definition) is 1. The number of carbonyl (C=O) groups is 1. The Labute approximate surface area is 116 Å². The summed E-state index contributed by atoms with van der Waals surface area (Å²) in [6, 6.07) is 0.280. The lowest BCUT2D eigenvalue weighted by molar-refractivity contribution is -0.133. The van der Waals surface area contributed by atoms with E-state index in [2.05, 4.69) is 28.6 Å². The zero-order valence-corrected chi connectivity index (χ0v) is 12.1. The lowest BCUT2D eigenvalue weighted by atomic mass is 10.1. The molecule has 0 radical (unpaired) electrons. The number of carboxylic acids is 1. The molecule has 0 spiro atoms. The molecule has 2 saturated carbocycles. The molecule has 1 aromatic heterocycles. The number of thioether (sulfide) groups is 1. The summed E-state index contributed by atoms with van der Waals surface area (Å²) in [7, 11) is 0. The molecule has 2 atom stereocenters. The second-order valence-electron chi connectivity index (χ2n) is 5.77. The summed E-state index contributed by atoms with van der Waals surface area (Å²) in [5.74, 6) is 2.49. The van der Waals surface area contributed by atoms with Gasteiger partial charge in [-0.3, -0.25) is 4.79 Å². The van der Waals surface area contributed by atoms with Gasteiger partial charge in [0.25, 0.3) is 0 Å². The summed E-state index contributed by atoms with van der Waals surface area (Å²) in [5.41, 5.74) is 0. The predicted molar refractivity (Wildman–Crippen MR) is 72.3 cm³/mol. The molecule has 0 aliphatic heterocycles. The number of fused-ring (bicyclic) bond motifs is 1. The first kappa shape index (κ1) is 13.0. The van der Waals surface area contributed by atoms with Gasteiger partial charge < -0.3 is 9.67 Å². The van der Waals surface area contributed by atoms with Gasteiger partial charge in [0.2, 0.25) is 0 Å². The van der Waals surface area contributed by atoms with E-state index < -0.39 is 5.97 Å². The van der Waals surface area contributed by atoms with Crippen molar-refractivity contribution in [3.05, 3.63) is 5.82 Å². The Morgan fingerprint density at radius 3 is 2.68 bits per heavy atom. The van der Waals surface area contributed by atoms with Crippen molar-refractivity contribution in [2.45, 2.75) is 50.2 Å². The van der Waals surface area contributed by atoms with Crippen LogP contribution in [-0.2, 0) is 4.79 Å². The Balaban J connectivity index is 1.82. The molecule has 2 fully saturated rings. The van der Waals surface area contributed by atoms with Crippen LogP contribution in [0.5, 0.6) is 0 Å². The predicted octanol–water partition coefficient (Wildman–Crippen LogP) is 2.55. The fourth-order valence-corrected chi connectivity index (χ4v) is 4.22. The molecule has 1 N–H and O–H groups in total. The highest BCUT2D eigenvalue weighted by Gasteiger charge is 2.55. The van der Waals surface area contributed by atoms with Crippen molar-refractivity contribution in [1.82, 2.24) is 14.8 Å². The molecule has 104 valence electrons. The van der Waals surface area contributed by atoms with E-state index in [0.29, 0.717) is 5.92 Å². The Hall–Kier alpha value is -1.04. The third kappa shape index (κ3) is 2.26. The number of aromatic nitrogens is 3. The van der Waals surface area contributed by atoms with Gasteiger partial charge in [-0.05, 0) is 38.5 Å². The summed E-state index contributed by atoms with van der Waals surface area (Å²) in [6.07, 6.45) is 3.98. The van der Waals surface area contributed by atoms with Crippen LogP contribution in [0.4, 0.5) is 0 Å². The second kappa shape index (κ2) is 4.81. The van der Waals surface area contributed by atoms with Gasteiger partial charge in [0, 0.05) is 12.0 Å². The van der Waals surface area contributed by atoms with E-state index in [0.717, 1.165) is 22.8 Å². The highest BCUT2D eigenvalue weighted by molar-refractivity contribution is 7.99. The normalized spacial score (nSPS) is 28.7. The minimum atomic E-state index is -0.812. The molecule has 1 heterocycles. The van der Waals surface area contributed by atoms with Gasteiger partial charge in [-0.1, -0.05) is 18.2 Å². The molecule has 0 saturated heterocycles. The molecule has 2 unspecified atom stereocenters. The second-order valence-corrected chi connectivity index (χ2v) is 6.71. The van der Waals surface area contributed by atoms with Crippen molar-refractivity contribution in [2.75, 3.05) is 5.75 Å².